The Bertz CT molecular complexity index is 1450. The summed E-state index contributed by atoms with van der Waals surface area (Å²) in [6.45, 7) is 2.21. The number of rotatable bonds is 5. The highest BCUT2D eigenvalue weighted by atomic mass is 19.2. The summed E-state index contributed by atoms with van der Waals surface area (Å²) < 4.78 is 34.9. The standard InChI is InChI=1S/C27H22F2N4O2/c1-2-5-24(34)32-14-4-8-22(32)27-31-26(23-16-30-13-15-33(23)27)18-9-11-20(12-10-18)35-17-19-6-3-7-21(28)25(19)29/h3,6-7,9-13,15-16,22H,4,8,14,17H2,1H3. The molecule has 1 amide bonds. The number of hydrogen-bond acceptors (Lipinski definition) is 4. The van der Waals surface area contributed by atoms with E-state index in [1.54, 1.807) is 36.4 Å². The molecule has 1 aliphatic heterocycles. The Balaban J connectivity index is 1.43. The van der Waals surface area contributed by atoms with Crippen molar-refractivity contribution in [1.82, 2.24) is 19.3 Å². The number of hydrogen-bond donors (Lipinski definition) is 0. The Morgan fingerprint density at radius 3 is 2.83 bits per heavy atom. The van der Waals surface area contributed by atoms with Crippen LogP contribution < -0.4 is 4.74 Å². The number of aromatic nitrogens is 3. The van der Waals surface area contributed by atoms with Crippen LogP contribution in [0.5, 0.6) is 5.75 Å². The van der Waals surface area contributed by atoms with Gasteiger partial charge in [-0.15, -0.1) is 0 Å². The summed E-state index contributed by atoms with van der Waals surface area (Å²) in [5.41, 5.74) is 2.54. The molecule has 5 rings (SSSR count). The number of ether oxygens (including phenoxy) is 1. The van der Waals surface area contributed by atoms with Crippen LogP contribution >= 0.6 is 0 Å². The topological polar surface area (TPSA) is 59.7 Å². The number of fused-ring (bicyclic) bond motifs is 1. The molecule has 0 bridgehead atoms. The van der Waals surface area contributed by atoms with Crippen molar-refractivity contribution in [3.63, 3.8) is 0 Å². The summed E-state index contributed by atoms with van der Waals surface area (Å²) in [6, 6.07) is 11.1. The lowest BCUT2D eigenvalue weighted by atomic mass is 10.1. The van der Waals surface area contributed by atoms with Gasteiger partial charge < -0.3 is 9.64 Å². The van der Waals surface area contributed by atoms with Gasteiger partial charge in [-0.25, -0.2) is 13.8 Å². The molecule has 2 aromatic heterocycles. The SMILES string of the molecule is CC#CC(=O)N1CCCC1c1nc(-c2ccc(OCc3cccc(F)c3F)cc2)c2cnccn12. The molecule has 0 aliphatic carbocycles. The van der Waals surface area contributed by atoms with Gasteiger partial charge in [0, 0.05) is 30.1 Å². The second-order valence-corrected chi connectivity index (χ2v) is 8.21. The summed E-state index contributed by atoms with van der Waals surface area (Å²) in [5, 5.41) is 0. The fourth-order valence-corrected chi connectivity index (χ4v) is 4.40. The summed E-state index contributed by atoms with van der Waals surface area (Å²) in [5.74, 6) is 4.61. The lowest BCUT2D eigenvalue weighted by molar-refractivity contribution is -0.126. The molecular weight excluding hydrogens is 450 g/mol. The first-order valence-electron chi connectivity index (χ1n) is 11.3. The van der Waals surface area contributed by atoms with Gasteiger partial charge >= 0.3 is 0 Å². The van der Waals surface area contributed by atoms with Crippen molar-refractivity contribution in [3.05, 3.63) is 84.1 Å². The van der Waals surface area contributed by atoms with Crippen molar-refractivity contribution in [1.29, 1.82) is 0 Å². The monoisotopic (exact) mass is 472 g/mol. The van der Waals surface area contributed by atoms with E-state index in [1.807, 2.05) is 22.7 Å². The number of carbonyl (C=O) groups is 1. The Morgan fingerprint density at radius 2 is 2.03 bits per heavy atom. The molecule has 3 heterocycles. The minimum atomic E-state index is -0.905. The van der Waals surface area contributed by atoms with Crippen LogP contribution in [0.15, 0.2) is 61.1 Å². The molecule has 1 atom stereocenters. The van der Waals surface area contributed by atoms with Crippen LogP contribution in [-0.2, 0) is 11.4 Å². The minimum Gasteiger partial charge on any atom is -0.489 e. The Kier molecular flexibility index (Phi) is 6.15. The third-order valence-corrected chi connectivity index (χ3v) is 6.07. The molecule has 0 saturated carbocycles. The average molecular weight is 472 g/mol. The number of halogens is 2. The Labute approximate surface area is 201 Å². The zero-order valence-corrected chi connectivity index (χ0v) is 19.0. The summed E-state index contributed by atoms with van der Waals surface area (Å²) in [4.78, 5) is 23.5. The molecule has 2 aromatic carbocycles. The van der Waals surface area contributed by atoms with Crippen molar-refractivity contribution in [2.45, 2.75) is 32.4 Å². The van der Waals surface area contributed by atoms with E-state index in [2.05, 4.69) is 16.8 Å². The van der Waals surface area contributed by atoms with Gasteiger partial charge in [-0.2, -0.15) is 0 Å². The lowest BCUT2D eigenvalue weighted by Crippen LogP contribution is -2.30. The predicted octanol–water partition coefficient (Wildman–Crippen LogP) is 4.94. The molecule has 1 fully saturated rings. The Hall–Kier alpha value is -4.25. The maximum absolute atomic E-state index is 13.9. The fourth-order valence-electron chi connectivity index (χ4n) is 4.40. The largest absolute Gasteiger partial charge is 0.489 e. The van der Waals surface area contributed by atoms with Crippen LogP contribution in [0.25, 0.3) is 16.8 Å². The maximum Gasteiger partial charge on any atom is 0.299 e. The first-order valence-corrected chi connectivity index (χ1v) is 11.3. The van der Waals surface area contributed by atoms with Crippen LogP contribution in [0.4, 0.5) is 8.78 Å². The maximum atomic E-state index is 13.9. The van der Waals surface area contributed by atoms with Crippen molar-refractivity contribution in [2.24, 2.45) is 0 Å². The number of benzene rings is 2. The van der Waals surface area contributed by atoms with Crippen molar-refractivity contribution < 1.29 is 18.3 Å². The van der Waals surface area contributed by atoms with E-state index in [4.69, 9.17) is 9.72 Å². The number of amides is 1. The molecule has 8 heteroatoms. The van der Waals surface area contributed by atoms with Gasteiger partial charge in [-0.1, -0.05) is 18.1 Å². The average Bonchev–Trinajstić information content (AvgIpc) is 3.51. The van der Waals surface area contributed by atoms with E-state index in [1.165, 1.54) is 12.1 Å². The fraction of sp³-hybridized carbons (Fsp3) is 0.222. The van der Waals surface area contributed by atoms with Gasteiger partial charge in [-0.05, 0) is 56.0 Å². The zero-order valence-electron chi connectivity index (χ0n) is 19.0. The van der Waals surface area contributed by atoms with Gasteiger partial charge in [0.15, 0.2) is 11.6 Å². The highest BCUT2D eigenvalue weighted by Gasteiger charge is 2.33. The third-order valence-electron chi connectivity index (χ3n) is 6.07. The highest BCUT2D eigenvalue weighted by Crippen LogP contribution is 2.35. The third kappa shape index (κ3) is 4.33. The second-order valence-electron chi connectivity index (χ2n) is 8.21. The van der Waals surface area contributed by atoms with E-state index in [-0.39, 0.29) is 24.1 Å². The van der Waals surface area contributed by atoms with Crippen LogP contribution in [0.2, 0.25) is 0 Å². The smallest absolute Gasteiger partial charge is 0.299 e. The normalized spacial score (nSPS) is 15.2. The molecule has 176 valence electrons. The number of nitrogens with zero attached hydrogens (tertiary/aromatic N) is 4. The van der Waals surface area contributed by atoms with Gasteiger partial charge in [0.25, 0.3) is 5.91 Å². The molecular formula is C27H22F2N4O2. The molecule has 6 nitrogen and oxygen atoms in total. The zero-order chi connectivity index (χ0) is 24.4. The Morgan fingerprint density at radius 1 is 1.20 bits per heavy atom. The van der Waals surface area contributed by atoms with E-state index < -0.39 is 11.6 Å². The molecule has 0 N–H and O–H groups in total. The highest BCUT2D eigenvalue weighted by molar-refractivity contribution is 5.94. The number of carbonyl (C=O) groups excluding carboxylic acids is 1. The molecule has 1 aliphatic rings. The van der Waals surface area contributed by atoms with Crippen LogP contribution in [0.3, 0.4) is 0 Å². The quantitative estimate of drug-likeness (QED) is 0.386. The first kappa shape index (κ1) is 22.5. The molecule has 35 heavy (non-hydrogen) atoms. The molecule has 1 unspecified atom stereocenters. The molecule has 4 aromatic rings. The molecule has 0 radical (unpaired) electrons. The number of likely N-dealkylation sites (tertiary alicyclic amines) is 1. The van der Waals surface area contributed by atoms with Crippen LogP contribution in [-0.4, -0.2) is 31.7 Å². The van der Waals surface area contributed by atoms with Crippen molar-refractivity contribution >= 4 is 11.4 Å². The molecule has 0 spiro atoms. The van der Waals surface area contributed by atoms with Crippen molar-refractivity contribution in [2.75, 3.05) is 6.54 Å². The van der Waals surface area contributed by atoms with Gasteiger partial charge in [-0.3, -0.25) is 14.2 Å². The van der Waals surface area contributed by atoms with E-state index in [0.717, 1.165) is 41.5 Å². The predicted molar refractivity (Wildman–Crippen MR) is 126 cm³/mol. The molecule has 1 saturated heterocycles. The van der Waals surface area contributed by atoms with E-state index in [0.29, 0.717) is 12.3 Å². The number of imidazole rings is 1. The van der Waals surface area contributed by atoms with Gasteiger partial charge in [0.1, 0.15) is 18.2 Å². The van der Waals surface area contributed by atoms with Gasteiger partial charge in [0.05, 0.1) is 23.4 Å². The van der Waals surface area contributed by atoms with E-state index in [9.17, 15) is 13.6 Å². The van der Waals surface area contributed by atoms with E-state index >= 15 is 0 Å². The summed E-state index contributed by atoms with van der Waals surface area (Å²) in [7, 11) is 0. The first-order chi connectivity index (χ1) is 17.1. The second kappa shape index (κ2) is 9.55. The minimum absolute atomic E-state index is 0.0867. The van der Waals surface area contributed by atoms with Crippen LogP contribution in [0, 0.1) is 23.5 Å². The summed E-state index contributed by atoms with van der Waals surface area (Å²) in [6.07, 6.45) is 6.97. The van der Waals surface area contributed by atoms with Crippen molar-refractivity contribution in [3.8, 4) is 28.8 Å². The van der Waals surface area contributed by atoms with Gasteiger partial charge in [0.2, 0.25) is 0 Å². The summed E-state index contributed by atoms with van der Waals surface area (Å²) >= 11 is 0. The van der Waals surface area contributed by atoms with Crippen LogP contribution in [0.1, 0.15) is 37.2 Å². The lowest BCUT2D eigenvalue weighted by Gasteiger charge is -2.21.